The number of rotatable bonds is 5. The molecule has 0 spiro atoms. The van der Waals surface area contributed by atoms with Crippen molar-refractivity contribution in [2.75, 3.05) is 7.11 Å². The lowest BCUT2D eigenvalue weighted by atomic mass is 10.2. The molecule has 0 atom stereocenters. The molecule has 0 fully saturated rings. The van der Waals surface area contributed by atoms with E-state index < -0.39 is 0 Å². The van der Waals surface area contributed by atoms with Crippen LogP contribution in [0.3, 0.4) is 0 Å². The van der Waals surface area contributed by atoms with Gasteiger partial charge in [-0.15, -0.1) is 10.2 Å². The molecule has 2 heterocycles. The standard InChI is InChI=1S/C21H17FN4O2/c1-28-18-5-3-2-4-17(18)20-25-24-19-11-8-15(13-26(19)20)21(27)23-12-14-6-9-16(22)10-7-14/h2-11,13H,12H2,1H3,(H,23,27). The fourth-order valence-electron chi connectivity index (χ4n) is 2.92. The Bertz CT molecular complexity index is 1140. The molecule has 4 rings (SSSR count). The number of aromatic nitrogens is 3. The number of para-hydroxylation sites is 1. The molecule has 140 valence electrons. The number of nitrogens with one attached hydrogen (secondary N) is 1. The van der Waals surface area contributed by atoms with Gasteiger partial charge in [0.15, 0.2) is 11.5 Å². The number of hydrogen-bond donors (Lipinski definition) is 1. The van der Waals surface area contributed by atoms with E-state index in [9.17, 15) is 9.18 Å². The highest BCUT2D eigenvalue weighted by molar-refractivity contribution is 5.94. The van der Waals surface area contributed by atoms with E-state index in [1.807, 2.05) is 24.3 Å². The Morgan fingerprint density at radius 3 is 2.64 bits per heavy atom. The first kappa shape index (κ1) is 17.7. The zero-order chi connectivity index (χ0) is 19.5. The summed E-state index contributed by atoms with van der Waals surface area (Å²) in [5, 5.41) is 11.2. The molecule has 0 aliphatic rings. The Kier molecular flexibility index (Phi) is 4.72. The Labute approximate surface area is 160 Å². The van der Waals surface area contributed by atoms with Crippen LogP contribution in [-0.4, -0.2) is 27.6 Å². The van der Waals surface area contributed by atoms with Gasteiger partial charge in [-0.2, -0.15) is 0 Å². The van der Waals surface area contributed by atoms with Crippen LogP contribution in [0.2, 0.25) is 0 Å². The van der Waals surface area contributed by atoms with Gasteiger partial charge in [0.25, 0.3) is 5.91 Å². The fraction of sp³-hybridized carbons (Fsp3) is 0.0952. The molecule has 0 unspecified atom stereocenters. The molecule has 0 bridgehead atoms. The molecule has 6 nitrogen and oxygen atoms in total. The zero-order valence-electron chi connectivity index (χ0n) is 15.1. The maximum absolute atomic E-state index is 13.0. The summed E-state index contributed by atoms with van der Waals surface area (Å²) in [6.45, 7) is 0.304. The highest BCUT2D eigenvalue weighted by Gasteiger charge is 2.14. The van der Waals surface area contributed by atoms with E-state index in [4.69, 9.17) is 4.74 Å². The molecule has 0 saturated heterocycles. The third-order valence-electron chi connectivity index (χ3n) is 4.38. The largest absolute Gasteiger partial charge is 0.496 e. The first-order valence-electron chi connectivity index (χ1n) is 8.66. The van der Waals surface area contributed by atoms with Crippen LogP contribution in [0.4, 0.5) is 4.39 Å². The second-order valence-electron chi connectivity index (χ2n) is 6.18. The van der Waals surface area contributed by atoms with E-state index in [1.54, 1.807) is 42.0 Å². The summed E-state index contributed by atoms with van der Waals surface area (Å²) in [5.74, 6) is 0.700. The van der Waals surface area contributed by atoms with Gasteiger partial charge in [0.05, 0.1) is 18.2 Å². The van der Waals surface area contributed by atoms with Crippen LogP contribution in [0.25, 0.3) is 17.0 Å². The predicted molar refractivity (Wildman–Crippen MR) is 103 cm³/mol. The van der Waals surface area contributed by atoms with Gasteiger partial charge in [-0.25, -0.2) is 4.39 Å². The number of benzene rings is 2. The average molecular weight is 376 g/mol. The van der Waals surface area contributed by atoms with Gasteiger partial charge >= 0.3 is 0 Å². The Morgan fingerprint density at radius 2 is 1.86 bits per heavy atom. The minimum Gasteiger partial charge on any atom is -0.496 e. The summed E-state index contributed by atoms with van der Waals surface area (Å²) in [5.41, 5.74) is 2.68. The quantitative estimate of drug-likeness (QED) is 0.579. The second-order valence-corrected chi connectivity index (χ2v) is 6.18. The molecule has 2 aromatic carbocycles. The minimum atomic E-state index is -0.308. The van der Waals surface area contributed by atoms with E-state index in [2.05, 4.69) is 15.5 Å². The van der Waals surface area contributed by atoms with Crippen LogP contribution in [0.5, 0.6) is 5.75 Å². The molecule has 0 saturated carbocycles. The zero-order valence-corrected chi connectivity index (χ0v) is 15.1. The van der Waals surface area contributed by atoms with E-state index in [0.29, 0.717) is 29.3 Å². The van der Waals surface area contributed by atoms with Gasteiger partial charge in [-0.05, 0) is 42.0 Å². The van der Waals surface area contributed by atoms with Crippen molar-refractivity contribution in [3.63, 3.8) is 0 Å². The summed E-state index contributed by atoms with van der Waals surface area (Å²) in [7, 11) is 1.59. The third-order valence-corrected chi connectivity index (χ3v) is 4.38. The maximum atomic E-state index is 13.0. The van der Waals surface area contributed by atoms with Crippen LogP contribution >= 0.6 is 0 Å². The van der Waals surface area contributed by atoms with E-state index in [-0.39, 0.29) is 11.7 Å². The van der Waals surface area contributed by atoms with Crippen molar-refractivity contribution in [2.24, 2.45) is 0 Å². The number of methoxy groups -OCH3 is 1. The first-order chi connectivity index (χ1) is 13.7. The number of carbonyl (C=O) groups is 1. The Hall–Kier alpha value is -3.74. The SMILES string of the molecule is COc1ccccc1-c1nnc2ccc(C(=O)NCc3ccc(F)cc3)cn12. The first-order valence-corrected chi connectivity index (χ1v) is 8.66. The molecule has 0 aliphatic heterocycles. The molecule has 4 aromatic rings. The van der Waals surface area contributed by atoms with Crippen LogP contribution in [0.1, 0.15) is 15.9 Å². The van der Waals surface area contributed by atoms with Crippen molar-refractivity contribution in [2.45, 2.75) is 6.54 Å². The number of amides is 1. The van der Waals surface area contributed by atoms with Crippen molar-refractivity contribution < 1.29 is 13.9 Å². The number of fused-ring (bicyclic) bond motifs is 1. The van der Waals surface area contributed by atoms with Gasteiger partial charge < -0.3 is 10.1 Å². The summed E-state index contributed by atoms with van der Waals surface area (Å²) in [6.07, 6.45) is 1.69. The average Bonchev–Trinajstić information content (AvgIpc) is 3.16. The number of nitrogens with zero attached hydrogens (tertiary/aromatic N) is 3. The summed E-state index contributed by atoms with van der Waals surface area (Å²) >= 11 is 0. The van der Waals surface area contributed by atoms with E-state index in [1.165, 1.54) is 12.1 Å². The fourth-order valence-corrected chi connectivity index (χ4v) is 2.92. The number of halogens is 1. The van der Waals surface area contributed by atoms with Crippen LogP contribution in [0, 0.1) is 5.82 Å². The smallest absolute Gasteiger partial charge is 0.253 e. The molecule has 0 aliphatic carbocycles. The Morgan fingerprint density at radius 1 is 1.07 bits per heavy atom. The highest BCUT2D eigenvalue weighted by atomic mass is 19.1. The maximum Gasteiger partial charge on any atom is 0.253 e. The van der Waals surface area contributed by atoms with Crippen LogP contribution in [-0.2, 0) is 6.54 Å². The van der Waals surface area contributed by atoms with Crippen LogP contribution in [0.15, 0.2) is 66.9 Å². The number of ether oxygens (including phenoxy) is 1. The van der Waals surface area contributed by atoms with Crippen molar-refractivity contribution in [1.82, 2.24) is 19.9 Å². The third kappa shape index (κ3) is 3.42. The van der Waals surface area contributed by atoms with Gasteiger partial charge in [0, 0.05) is 12.7 Å². The molecule has 2 aromatic heterocycles. The van der Waals surface area contributed by atoms with Gasteiger partial charge in [-0.3, -0.25) is 9.20 Å². The molecule has 7 heteroatoms. The van der Waals surface area contributed by atoms with Crippen molar-refractivity contribution >= 4 is 11.6 Å². The molecular weight excluding hydrogens is 359 g/mol. The Balaban J connectivity index is 1.62. The summed E-state index contributed by atoms with van der Waals surface area (Å²) in [4.78, 5) is 12.6. The van der Waals surface area contributed by atoms with E-state index >= 15 is 0 Å². The summed E-state index contributed by atoms with van der Waals surface area (Å²) < 4.78 is 20.1. The van der Waals surface area contributed by atoms with Crippen molar-refractivity contribution in [3.8, 4) is 17.1 Å². The molecule has 1 amide bonds. The topological polar surface area (TPSA) is 68.5 Å². The molecule has 0 radical (unpaired) electrons. The van der Waals surface area contributed by atoms with Gasteiger partial charge in [0.1, 0.15) is 11.6 Å². The highest BCUT2D eigenvalue weighted by Crippen LogP contribution is 2.28. The van der Waals surface area contributed by atoms with Gasteiger partial charge in [0.2, 0.25) is 0 Å². The van der Waals surface area contributed by atoms with Crippen molar-refractivity contribution in [1.29, 1.82) is 0 Å². The molecule has 1 N–H and O–H groups in total. The lowest BCUT2D eigenvalue weighted by Gasteiger charge is -2.08. The number of pyridine rings is 1. The number of carbonyl (C=O) groups excluding carboxylic acids is 1. The van der Waals surface area contributed by atoms with Crippen LogP contribution < -0.4 is 10.1 Å². The predicted octanol–water partition coefficient (Wildman–Crippen LogP) is 3.47. The second kappa shape index (κ2) is 7.48. The molecule has 28 heavy (non-hydrogen) atoms. The lowest BCUT2D eigenvalue weighted by Crippen LogP contribution is -2.23. The van der Waals surface area contributed by atoms with E-state index in [0.717, 1.165) is 11.1 Å². The molecular formula is C21H17FN4O2. The number of hydrogen-bond acceptors (Lipinski definition) is 4. The monoisotopic (exact) mass is 376 g/mol. The minimum absolute atomic E-state index is 0.245. The lowest BCUT2D eigenvalue weighted by molar-refractivity contribution is 0.0950. The van der Waals surface area contributed by atoms with Crippen molar-refractivity contribution in [3.05, 3.63) is 83.8 Å². The summed E-state index contributed by atoms with van der Waals surface area (Å²) in [6, 6.07) is 16.9. The van der Waals surface area contributed by atoms with Gasteiger partial charge in [-0.1, -0.05) is 24.3 Å². The normalized spacial score (nSPS) is 10.8.